The van der Waals surface area contributed by atoms with Gasteiger partial charge in [0.15, 0.2) is 4.77 Å². The van der Waals surface area contributed by atoms with E-state index >= 15 is 0 Å². The number of hydrogen-bond donors (Lipinski definition) is 2. The molecule has 1 aromatic heterocycles. The minimum Gasteiger partial charge on any atom is -0.332 e. The molecular weight excluding hydrogens is 382 g/mol. The number of nitrogens with one attached hydrogen (secondary N) is 2. The second-order valence-corrected chi connectivity index (χ2v) is 7.60. The lowest BCUT2D eigenvalue weighted by atomic mass is 10.1. The minimum absolute atomic E-state index is 0.186. The largest absolute Gasteiger partial charge is 0.332 e. The molecule has 0 saturated heterocycles. The predicted octanol–water partition coefficient (Wildman–Crippen LogP) is 4.42. The first-order valence-corrected chi connectivity index (χ1v) is 9.68. The average molecular weight is 399 g/mol. The molecule has 0 fully saturated rings. The van der Waals surface area contributed by atoms with Crippen LogP contribution in [0.4, 0.5) is 5.69 Å². The molecule has 0 saturated carbocycles. The van der Waals surface area contributed by atoms with Crippen LogP contribution in [-0.2, 0) is 13.5 Å². The molecule has 0 radical (unpaired) electrons. The van der Waals surface area contributed by atoms with Crippen LogP contribution in [0.15, 0.2) is 65.5 Å². The van der Waals surface area contributed by atoms with Crippen LogP contribution in [0.2, 0.25) is 0 Å². The van der Waals surface area contributed by atoms with Crippen LogP contribution in [-0.4, -0.2) is 15.5 Å². The number of hydrogen-bond acceptors (Lipinski definition) is 3. The summed E-state index contributed by atoms with van der Waals surface area (Å²) in [5.41, 5.74) is 6.55. The molecule has 4 aromatic rings. The highest BCUT2D eigenvalue weighted by atomic mass is 32.1. The van der Waals surface area contributed by atoms with E-state index < -0.39 is 0 Å². The normalized spacial score (nSPS) is 11.9. The lowest BCUT2D eigenvalue weighted by Crippen LogP contribution is -2.19. The summed E-state index contributed by atoms with van der Waals surface area (Å²) in [6.45, 7) is 0. The molecule has 1 amide bonds. The highest BCUT2D eigenvalue weighted by Gasteiger charge is 2.18. The van der Waals surface area contributed by atoms with Crippen molar-refractivity contribution in [2.24, 2.45) is 7.05 Å². The van der Waals surface area contributed by atoms with E-state index in [9.17, 15) is 9.59 Å². The summed E-state index contributed by atoms with van der Waals surface area (Å²) in [7, 11) is 1.62. The zero-order valence-electron chi connectivity index (χ0n) is 15.7. The number of fused-ring (bicyclic) bond motifs is 4. The van der Waals surface area contributed by atoms with Crippen molar-refractivity contribution in [3.63, 3.8) is 0 Å². The Balaban J connectivity index is 1.45. The van der Waals surface area contributed by atoms with Crippen LogP contribution in [0.5, 0.6) is 0 Å². The Morgan fingerprint density at radius 3 is 2.69 bits per heavy atom. The maximum Gasteiger partial charge on any atom is 0.261 e. The Labute approximate surface area is 171 Å². The Morgan fingerprint density at radius 1 is 1.03 bits per heavy atom. The van der Waals surface area contributed by atoms with E-state index in [0.29, 0.717) is 21.2 Å². The number of H-pyrrole nitrogens is 1. The number of carbonyl (C=O) groups excluding carboxylic acids is 1. The molecule has 1 heterocycles. The fourth-order valence-electron chi connectivity index (χ4n) is 3.87. The van der Waals surface area contributed by atoms with Gasteiger partial charge in [-0.25, -0.2) is 0 Å². The third kappa shape index (κ3) is 2.89. The smallest absolute Gasteiger partial charge is 0.261 e. The summed E-state index contributed by atoms with van der Waals surface area (Å²) >= 11 is 5.16. The third-order valence-corrected chi connectivity index (χ3v) is 5.79. The van der Waals surface area contributed by atoms with E-state index in [1.807, 2.05) is 24.3 Å². The molecule has 142 valence electrons. The molecule has 5 nitrogen and oxygen atoms in total. The van der Waals surface area contributed by atoms with Gasteiger partial charge in [-0.3, -0.25) is 14.2 Å². The van der Waals surface area contributed by atoms with Crippen LogP contribution >= 0.6 is 12.2 Å². The number of anilines is 1. The van der Waals surface area contributed by atoms with Crippen LogP contribution < -0.4 is 10.9 Å². The molecule has 29 heavy (non-hydrogen) atoms. The molecule has 1 aliphatic rings. The van der Waals surface area contributed by atoms with Crippen molar-refractivity contribution in [3.8, 4) is 11.1 Å². The van der Waals surface area contributed by atoms with Gasteiger partial charge in [0.05, 0.1) is 10.9 Å². The summed E-state index contributed by atoms with van der Waals surface area (Å²) < 4.78 is 1.69. The van der Waals surface area contributed by atoms with Gasteiger partial charge in [0.1, 0.15) is 0 Å². The molecule has 1 aliphatic carbocycles. The maximum atomic E-state index is 12.8. The van der Waals surface area contributed by atoms with Gasteiger partial charge in [-0.1, -0.05) is 30.3 Å². The summed E-state index contributed by atoms with van der Waals surface area (Å²) in [5, 5.41) is 3.45. The van der Waals surface area contributed by atoms with Gasteiger partial charge in [-0.05, 0) is 71.2 Å². The average Bonchev–Trinajstić information content (AvgIpc) is 3.09. The molecule has 0 aliphatic heterocycles. The highest BCUT2D eigenvalue weighted by molar-refractivity contribution is 7.71. The van der Waals surface area contributed by atoms with E-state index in [1.165, 1.54) is 26.8 Å². The van der Waals surface area contributed by atoms with Crippen LogP contribution in [0.1, 0.15) is 21.5 Å². The van der Waals surface area contributed by atoms with Crippen molar-refractivity contribution in [2.75, 3.05) is 5.32 Å². The predicted molar refractivity (Wildman–Crippen MR) is 117 cm³/mol. The topological polar surface area (TPSA) is 66.9 Å². The van der Waals surface area contributed by atoms with E-state index in [0.717, 1.165) is 12.1 Å². The second-order valence-electron chi connectivity index (χ2n) is 7.21. The van der Waals surface area contributed by atoms with Gasteiger partial charge in [-0.2, -0.15) is 0 Å². The monoisotopic (exact) mass is 399 g/mol. The van der Waals surface area contributed by atoms with E-state index in [1.54, 1.807) is 25.2 Å². The van der Waals surface area contributed by atoms with Gasteiger partial charge in [0.25, 0.3) is 11.5 Å². The zero-order valence-corrected chi connectivity index (χ0v) is 16.5. The lowest BCUT2D eigenvalue weighted by Gasteiger charge is -2.09. The maximum absolute atomic E-state index is 12.8. The third-order valence-electron chi connectivity index (χ3n) is 5.41. The Kier molecular flexibility index (Phi) is 3.96. The Bertz CT molecular complexity index is 1430. The molecule has 0 spiro atoms. The Morgan fingerprint density at radius 2 is 1.83 bits per heavy atom. The van der Waals surface area contributed by atoms with Gasteiger partial charge in [0.2, 0.25) is 0 Å². The molecule has 2 N–H and O–H groups in total. The van der Waals surface area contributed by atoms with Crippen molar-refractivity contribution >= 4 is 34.7 Å². The van der Waals surface area contributed by atoms with Gasteiger partial charge < -0.3 is 10.3 Å². The second kappa shape index (κ2) is 6.53. The first-order chi connectivity index (χ1) is 14.0. The van der Waals surface area contributed by atoms with Crippen molar-refractivity contribution in [1.29, 1.82) is 0 Å². The lowest BCUT2D eigenvalue weighted by molar-refractivity contribution is 0.102. The summed E-state index contributed by atoms with van der Waals surface area (Å²) in [6, 6.07) is 19.3. The first kappa shape index (κ1) is 17.6. The fraction of sp³-hybridized carbons (Fsp3) is 0.0870. The number of amides is 1. The molecule has 0 bridgehead atoms. The molecule has 3 aromatic carbocycles. The van der Waals surface area contributed by atoms with Gasteiger partial charge in [-0.15, -0.1) is 0 Å². The van der Waals surface area contributed by atoms with E-state index in [-0.39, 0.29) is 11.5 Å². The minimum atomic E-state index is -0.234. The number of rotatable bonds is 2. The van der Waals surface area contributed by atoms with Crippen molar-refractivity contribution in [2.45, 2.75) is 6.42 Å². The quantitative estimate of drug-likeness (QED) is 0.432. The van der Waals surface area contributed by atoms with Crippen molar-refractivity contribution in [3.05, 3.63) is 92.5 Å². The van der Waals surface area contributed by atoms with Crippen molar-refractivity contribution in [1.82, 2.24) is 9.55 Å². The number of aromatic amines is 1. The van der Waals surface area contributed by atoms with Gasteiger partial charge in [0, 0.05) is 18.3 Å². The molecule has 0 atom stereocenters. The van der Waals surface area contributed by atoms with Crippen molar-refractivity contribution < 1.29 is 4.79 Å². The molecule has 0 unspecified atom stereocenters. The molecule has 6 heteroatoms. The Hall–Kier alpha value is -3.51. The number of aromatic nitrogens is 2. The van der Waals surface area contributed by atoms with E-state index in [4.69, 9.17) is 12.2 Å². The van der Waals surface area contributed by atoms with E-state index in [2.05, 4.69) is 28.5 Å². The highest BCUT2D eigenvalue weighted by Crippen LogP contribution is 2.37. The summed E-state index contributed by atoms with van der Waals surface area (Å²) in [4.78, 5) is 28.1. The number of carbonyl (C=O) groups is 1. The zero-order chi connectivity index (χ0) is 20.1. The number of nitrogens with zero attached hydrogens (tertiary/aromatic N) is 1. The van der Waals surface area contributed by atoms with Crippen LogP contribution in [0.3, 0.4) is 0 Å². The summed E-state index contributed by atoms with van der Waals surface area (Å²) in [6.07, 6.45) is 0.866. The van der Waals surface area contributed by atoms with Crippen LogP contribution in [0.25, 0.3) is 22.0 Å². The first-order valence-electron chi connectivity index (χ1n) is 9.27. The standard InChI is InChI=1S/C23H17N3O2S/c1-26-22(28)19-8-6-14(12-20(19)25-23(26)29)21(27)24-16-7-9-18-15(11-16)10-13-4-2-3-5-17(13)18/h2-9,11-12H,10H2,1H3,(H,24,27)(H,25,29). The SMILES string of the molecule is Cn1c(=S)[nH]c2cc(C(=O)Nc3ccc4c(c3)Cc3ccccc3-4)ccc2c1=O. The summed E-state index contributed by atoms with van der Waals surface area (Å²) in [5.74, 6) is -0.234. The van der Waals surface area contributed by atoms with Crippen LogP contribution in [0, 0.1) is 4.77 Å². The number of benzene rings is 3. The van der Waals surface area contributed by atoms with Gasteiger partial charge >= 0.3 is 0 Å². The molecular formula is C23H17N3O2S. The fourth-order valence-corrected chi connectivity index (χ4v) is 4.07. The molecule has 5 rings (SSSR count).